The number of aryl methyl sites for hydroxylation is 3. The number of primary amides is 1. The van der Waals surface area contributed by atoms with Crippen LogP contribution >= 0.6 is 22.9 Å². The summed E-state index contributed by atoms with van der Waals surface area (Å²) in [4.78, 5) is 68.5. The van der Waals surface area contributed by atoms with E-state index in [4.69, 9.17) is 33.0 Å². The number of rotatable bonds is 13. The van der Waals surface area contributed by atoms with Crippen LogP contribution in [0.15, 0.2) is 96.5 Å². The van der Waals surface area contributed by atoms with Crippen molar-refractivity contribution < 1.29 is 29.1 Å². The Hall–Kier alpha value is -5.81. The molecule has 2 saturated heterocycles. The highest BCUT2D eigenvalue weighted by molar-refractivity contribution is 7.13. The summed E-state index contributed by atoms with van der Waals surface area (Å²) in [6, 6.07) is 30.0. The molecule has 434 valence electrons. The van der Waals surface area contributed by atoms with Gasteiger partial charge in [-0.05, 0) is 155 Å². The molecule has 3 aliphatic heterocycles. The lowest BCUT2D eigenvalue weighted by atomic mass is 9.93. The average molecular weight is 1130 g/mol. The summed E-state index contributed by atoms with van der Waals surface area (Å²) in [6.45, 7) is 27.2. The number of amides is 3. The number of hydrogen-bond donors (Lipinski definition) is 4. The number of hydrogen-bond acceptors (Lipinski definition) is 12. The summed E-state index contributed by atoms with van der Waals surface area (Å²) in [6.07, 6.45) is 9.42. The first kappa shape index (κ1) is 69.3. The van der Waals surface area contributed by atoms with Gasteiger partial charge in [-0.2, -0.15) is 0 Å². The zero-order valence-electron chi connectivity index (χ0n) is 49.2. The van der Waals surface area contributed by atoms with Crippen LogP contribution in [0.5, 0.6) is 0 Å². The van der Waals surface area contributed by atoms with Crippen molar-refractivity contribution in [1.82, 2.24) is 25.0 Å². The van der Waals surface area contributed by atoms with Crippen molar-refractivity contribution in [1.29, 1.82) is 0 Å². The quantitative estimate of drug-likeness (QED) is 0.0498. The van der Waals surface area contributed by atoms with Gasteiger partial charge in [0.15, 0.2) is 0 Å². The van der Waals surface area contributed by atoms with Crippen molar-refractivity contribution in [2.24, 2.45) is 11.1 Å². The maximum absolute atomic E-state index is 12.6. The van der Waals surface area contributed by atoms with E-state index in [-0.39, 0.29) is 35.3 Å². The van der Waals surface area contributed by atoms with Crippen molar-refractivity contribution >= 4 is 64.6 Å². The number of aliphatic hydroxyl groups excluding tert-OH is 1. The lowest BCUT2D eigenvalue weighted by Crippen LogP contribution is -2.48. The molecule has 1 aromatic heterocycles. The fraction of sp³-hybridized carbons (Fsp3) is 0.492. The number of piperazine rings is 1. The molecule has 4 aromatic carbocycles. The van der Waals surface area contributed by atoms with E-state index in [1.807, 2.05) is 82.4 Å². The van der Waals surface area contributed by atoms with Crippen molar-refractivity contribution in [3.63, 3.8) is 0 Å². The number of nitrogens with zero attached hydrogens (tertiary/aromatic N) is 5. The number of nitrogen functional groups attached to an aromatic ring is 1. The molecule has 5 aromatic rings. The number of aldehydes is 2. The van der Waals surface area contributed by atoms with Crippen LogP contribution in [-0.2, 0) is 32.0 Å². The van der Waals surface area contributed by atoms with E-state index in [0.717, 1.165) is 137 Å². The van der Waals surface area contributed by atoms with Crippen molar-refractivity contribution in [3.05, 3.63) is 124 Å². The third kappa shape index (κ3) is 27.3. The minimum Gasteiger partial charge on any atom is -0.399 e. The molecule has 4 heterocycles. The number of aliphatic hydroxyl groups is 1. The lowest BCUT2D eigenvalue weighted by Gasteiger charge is -2.34. The van der Waals surface area contributed by atoms with Crippen LogP contribution in [0.1, 0.15) is 128 Å². The molecule has 0 spiro atoms. The summed E-state index contributed by atoms with van der Waals surface area (Å²) in [5, 5.41) is 12.6. The Labute approximate surface area is 482 Å². The molecule has 0 bridgehead atoms. The molecule has 3 aliphatic rings. The van der Waals surface area contributed by atoms with E-state index in [1.165, 1.54) is 28.5 Å². The highest BCUT2D eigenvalue weighted by Crippen LogP contribution is 2.34. The number of carbonyl (C=O) groups excluding carboxylic acids is 5. The molecule has 0 aliphatic carbocycles. The molecule has 14 nitrogen and oxygen atoms in total. The topological polar surface area (TPSA) is 196 Å². The normalized spacial score (nSPS) is 15.8. The van der Waals surface area contributed by atoms with E-state index >= 15 is 0 Å². The van der Waals surface area contributed by atoms with Crippen LogP contribution in [-0.4, -0.2) is 133 Å². The number of likely N-dealkylation sites (N-methyl/N-ethyl adjacent to an activating group) is 1. The highest BCUT2D eigenvalue weighted by Gasteiger charge is 2.26. The first-order valence-corrected chi connectivity index (χ1v) is 29.2. The monoisotopic (exact) mass is 1120 g/mol. The van der Waals surface area contributed by atoms with Gasteiger partial charge in [-0.25, -0.2) is 4.98 Å². The van der Waals surface area contributed by atoms with Crippen LogP contribution in [0.2, 0.25) is 5.02 Å². The lowest BCUT2D eigenvalue weighted by molar-refractivity contribution is -0.119. The number of halogens is 1. The number of carbonyl (C=O) groups is 5. The largest absolute Gasteiger partial charge is 0.399 e. The van der Waals surface area contributed by atoms with Gasteiger partial charge in [0.05, 0.1) is 28.7 Å². The maximum Gasteiger partial charge on any atom is 0.251 e. The van der Waals surface area contributed by atoms with Gasteiger partial charge in [-0.1, -0.05) is 102 Å². The van der Waals surface area contributed by atoms with Gasteiger partial charge in [-0.3, -0.25) is 19.3 Å². The predicted octanol–water partition coefficient (Wildman–Crippen LogP) is 11.2. The summed E-state index contributed by atoms with van der Waals surface area (Å²) in [7, 11) is 2.02. The van der Waals surface area contributed by atoms with Crippen LogP contribution in [0.4, 0.5) is 11.4 Å². The molecule has 0 radical (unpaired) electrons. The van der Waals surface area contributed by atoms with Gasteiger partial charge in [0.2, 0.25) is 11.8 Å². The van der Waals surface area contributed by atoms with Crippen LogP contribution in [0.3, 0.4) is 0 Å². The molecule has 16 heteroatoms. The third-order valence-corrected chi connectivity index (χ3v) is 14.2. The number of nitrogens with two attached hydrogens (primary N) is 2. The SMILES string of the molecule is CC.CC(=O)N1c2ccc(-c3ccc(C(=O)NCCCCCN4CCN(CC(N)=O)CC4)cc3)cc2CC[C@@H]1C.CC(C)(C)CC=O.CC=O.CCc1ccc(-c2scnc2C)cc1.CN1CCC(O)C1.Nc1ccc(Cl)cc1. The second-order valence-electron chi connectivity index (χ2n) is 20.8. The molecular weight excluding hydrogens is 1030 g/mol. The summed E-state index contributed by atoms with van der Waals surface area (Å²) >= 11 is 7.26. The molecule has 6 N–H and O–H groups in total. The maximum atomic E-state index is 12.6. The number of nitrogens with one attached hydrogen (secondary N) is 1. The molecule has 2 atom stereocenters. The van der Waals surface area contributed by atoms with Crippen molar-refractivity contribution in [2.45, 2.75) is 133 Å². The first-order chi connectivity index (χ1) is 37.7. The standard InChI is InChI=1S/C30H41N5O3.C12H13NS.C6H6ClN.C6H12O.C5H11NO.C2H4O.C2H6/c1-22-6-7-27-20-26(12-13-28(27)35(22)23(2)36)24-8-10-25(11-9-24)30(38)32-14-4-3-5-15-33-16-18-34(19-17-33)21-29(31)37;1-3-10-4-6-11(7-5-10)12-9(2)13-8-14-12;7-5-1-3-6(8)4-2-5;1-6(2,3)4-5-7;1-6-3-2-5(7)4-6;1-2-3;1-2/h8-13,20,22H,3-7,14-19,21H2,1-2H3,(H2,31,37)(H,32,38);4-8H,3H2,1-2H3;1-4H,8H2;5H,4H2,1-3H3;5,7H,2-4H2,1H3;2H,1H3;1-2H3/t22-;;;;;;/m0....../s1. The van der Waals surface area contributed by atoms with Gasteiger partial charge in [0.25, 0.3) is 5.91 Å². The van der Waals surface area contributed by atoms with E-state index in [0.29, 0.717) is 25.1 Å². The second-order valence-corrected chi connectivity index (χ2v) is 22.1. The Bertz CT molecular complexity index is 2500. The molecule has 1 unspecified atom stereocenters. The zero-order chi connectivity index (χ0) is 58.9. The smallest absolute Gasteiger partial charge is 0.251 e. The summed E-state index contributed by atoms with van der Waals surface area (Å²) < 4.78 is 0. The second kappa shape index (κ2) is 37.9. The van der Waals surface area contributed by atoms with Gasteiger partial charge < -0.3 is 46.2 Å². The van der Waals surface area contributed by atoms with E-state index < -0.39 is 0 Å². The van der Waals surface area contributed by atoms with Gasteiger partial charge in [0, 0.05) is 87.2 Å². The molecular formula is C63H93ClN8O6S. The summed E-state index contributed by atoms with van der Waals surface area (Å²) in [5.41, 5.74) is 22.3. The fourth-order valence-corrected chi connectivity index (χ4v) is 9.59. The molecule has 0 saturated carbocycles. The van der Waals surface area contributed by atoms with E-state index in [9.17, 15) is 19.2 Å². The van der Waals surface area contributed by atoms with Crippen LogP contribution in [0.25, 0.3) is 21.6 Å². The Balaban J connectivity index is 0.000000417. The van der Waals surface area contributed by atoms with Gasteiger partial charge >= 0.3 is 0 Å². The van der Waals surface area contributed by atoms with Crippen molar-refractivity contribution in [2.75, 3.05) is 76.6 Å². The third-order valence-electron chi connectivity index (χ3n) is 13.0. The van der Waals surface area contributed by atoms with Crippen LogP contribution in [0, 0.1) is 12.3 Å². The number of aromatic nitrogens is 1. The Morgan fingerprint density at radius 2 is 1.44 bits per heavy atom. The number of fused-ring (bicyclic) bond motifs is 1. The number of anilines is 2. The summed E-state index contributed by atoms with van der Waals surface area (Å²) in [5.74, 6) is -0.221. The Kier molecular flexibility index (Phi) is 33.3. The molecule has 3 amide bonds. The van der Waals surface area contributed by atoms with Gasteiger partial charge in [0.1, 0.15) is 12.6 Å². The molecule has 2 fully saturated rings. The highest BCUT2D eigenvalue weighted by atomic mass is 35.5. The van der Waals surface area contributed by atoms with Crippen molar-refractivity contribution in [3.8, 4) is 21.6 Å². The van der Waals surface area contributed by atoms with Gasteiger partial charge in [-0.15, -0.1) is 11.3 Å². The minimum atomic E-state index is -0.260. The number of thiazole rings is 1. The zero-order valence-corrected chi connectivity index (χ0v) is 50.8. The van der Waals surface area contributed by atoms with Crippen LogP contribution < -0.4 is 21.7 Å². The van der Waals surface area contributed by atoms with E-state index in [1.54, 1.807) is 42.5 Å². The Morgan fingerprint density at radius 3 is 1.91 bits per heavy atom. The number of likely N-dealkylation sites (tertiary alicyclic amines) is 1. The molecule has 79 heavy (non-hydrogen) atoms. The number of benzene rings is 4. The minimum absolute atomic E-state index is 0.0429. The predicted molar refractivity (Wildman–Crippen MR) is 330 cm³/mol. The average Bonchev–Trinajstić information content (AvgIpc) is 4.05. The fourth-order valence-electron chi connectivity index (χ4n) is 8.65. The number of unbranched alkanes of at least 4 members (excludes halogenated alkanes) is 2. The molecule has 8 rings (SSSR count). The number of β-amino-alcohol motifs (C(OH)–C–C–N with tert-alkyl or cyclic N) is 1. The first-order valence-electron chi connectivity index (χ1n) is 27.9. The van der Waals surface area contributed by atoms with E-state index in [2.05, 4.69) is 82.2 Å². The Morgan fingerprint density at radius 1 is 0.848 bits per heavy atom.